The number of hydrogen-bond acceptors (Lipinski definition) is 6. The molecular formula is C11H14N4O3. The van der Waals surface area contributed by atoms with Crippen molar-refractivity contribution in [2.75, 3.05) is 11.9 Å². The van der Waals surface area contributed by atoms with E-state index in [1.165, 1.54) is 12.3 Å². The number of rotatable bonds is 5. The van der Waals surface area contributed by atoms with Crippen LogP contribution in [0.4, 0.5) is 11.5 Å². The van der Waals surface area contributed by atoms with Gasteiger partial charge in [-0.2, -0.15) is 5.26 Å². The van der Waals surface area contributed by atoms with E-state index in [4.69, 9.17) is 10.4 Å². The highest BCUT2D eigenvalue weighted by Gasteiger charge is 2.23. The number of nitro groups is 1. The number of nitrogens with zero attached hydrogens (tertiary/aromatic N) is 3. The summed E-state index contributed by atoms with van der Waals surface area (Å²) < 4.78 is 0. The Morgan fingerprint density at radius 1 is 1.67 bits per heavy atom. The Kier molecular flexibility index (Phi) is 4.57. The van der Waals surface area contributed by atoms with Crippen LogP contribution in [-0.4, -0.2) is 27.7 Å². The summed E-state index contributed by atoms with van der Waals surface area (Å²) in [5, 5.41) is 31.6. The number of aliphatic hydroxyl groups is 1. The van der Waals surface area contributed by atoms with Gasteiger partial charge in [0.25, 0.3) is 0 Å². The van der Waals surface area contributed by atoms with E-state index in [0.29, 0.717) is 0 Å². The lowest BCUT2D eigenvalue weighted by molar-refractivity contribution is -0.384. The van der Waals surface area contributed by atoms with Crippen molar-refractivity contribution >= 4 is 11.5 Å². The molecule has 0 saturated carbocycles. The van der Waals surface area contributed by atoms with Gasteiger partial charge < -0.3 is 10.4 Å². The van der Waals surface area contributed by atoms with Crippen molar-refractivity contribution in [3.63, 3.8) is 0 Å². The average molecular weight is 250 g/mol. The van der Waals surface area contributed by atoms with Gasteiger partial charge >= 0.3 is 5.69 Å². The molecule has 0 aromatic carbocycles. The van der Waals surface area contributed by atoms with Crippen LogP contribution in [0.15, 0.2) is 12.3 Å². The Morgan fingerprint density at radius 3 is 2.83 bits per heavy atom. The summed E-state index contributed by atoms with van der Waals surface area (Å²) in [6.07, 6.45) is 1.34. The van der Waals surface area contributed by atoms with Crippen molar-refractivity contribution < 1.29 is 10.0 Å². The van der Waals surface area contributed by atoms with E-state index < -0.39 is 4.92 Å². The molecule has 2 unspecified atom stereocenters. The van der Waals surface area contributed by atoms with E-state index in [0.717, 1.165) is 0 Å². The summed E-state index contributed by atoms with van der Waals surface area (Å²) >= 11 is 0. The molecular weight excluding hydrogens is 236 g/mol. The van der Waals surface area contributed by atoms with E-state index in [2.05, 4.69) is 10.3 Å². The Hall–Kier alpha value is -2.20. The highest BCUT2D eigenvalue weighted by Crippen LogP contribution is 2.26. The molecule has 1 heterocycles. The fourth-order valence-electron chi connectivity index (χ4n) is 1.35. The Bertz CT molecular complexity index is 484. The third kappa shape index (κ3) is 2.93. The Balaban J connectivity index is 3.10. The fourth-order valence-corrected chi connectivity index (χ4v) is 1.35. The van der Waals surface area contributed by atoms with Gasteiger partial charge in [-0.05, 0) is 18.9 Å². The number of pyridine rings is 1. The van der Waals surface area contributed by atoms with Gasteiger partial charge in [-0.15, -0.1) is 0 Å². The molecule has 1 aromatic rings. The van der Waals surface area contributed by atoms with Crippen LogP contribution >= 0.6 is 0 Å². The number of aromatic nitrogens is 1. The molecule has 2 N–H and O–H groups in total. The lowest BCUT2D eigenvalue weighted by Crippen LogP contribution is -2.27. The molecule has 0 aliphatic heterocycles. The second-order valence-corrected chi connectivity index (χ2v) is 4.02. The number of anilines is 1. The van der Waals surface area contributed by atoms with Crippen molar-refractivity contribution in [2.45, 2.75) is 19.9 Å². The Morgan fingerprint density at radius 2 is 2.33 bits per heavy atom. The largest absolute Gasteiger partial charge is 0.396 e. The van der Waals surface area contributed by atoms with Crippen molar-refractivity contribution in [3.8, 4) is 6.07 Å². The summed E-state index contributed by atoms with van der Waals surface area (Å²) in [7, 11) is 0. The molecule has 7 heteroatoms. The molecule has 96 valence electrons. The van der Waals surface area contributed by atoms with Crippen LogP contribution in [-0.2, 0) is 0 Å². The topological polar surface area (TPSA) is 112 Å². The lowest BCUT2D eigenvalue weighted by Gasteiger charge is -2.19. The predicted molar refractivity (Wildman–Crippen MR) is 64.9 cm³/mol. The van der Waals surface area contributed by atoms with Gasteiger partial charge in [0, 0.05) is 18.8 Å². The standard InChI is InChI=1S/C11H14N4O3/c1-7(6-16)8(2)14-11-10(15(17)18)9(5-12)3-4-13-11/h3-4,7-8,16H,6H2,1-2H3,(H,13,14). The van der Waals surface area contributed by atoms with Gasteiger partial charge in [-0.1, -0.05) is 6.92 Å². The number of nitriles is 1. The average Bonchev–Trinajstić information content (AvgIpc) is 2.36. The first-order valence-corrected chi connectivity index (χ1v) is 5.42. The lowest BCUT2D eigenvalue weighted by atomic mass is 10.1. The molecule has 0 fully saturated rings. The molecule has 0 spiro atoms. The van der Waals surface area contributed by atoms with Crippen molar-refractivity contribution in [3.05, 3.63) is 27.9 Å². The molecule has 18 heavy (non-hydrogen) atoms. The molecule has 0 aliphatic carbocycles. The van der Waals surface area contributed by atoms with Crippen LogP contribution in [0.5, 0.6) is 0 Å². The molecule has 1 aromatic heterocycles. The van der Waals surface area contributed by atoms with Crippen LogP contribution in [0.1, 0.15) is 19.4 Å². The monoisotopic (exact) mass is 250 g/mol. The van der Waals surface area contributed by atoms with Gasteiger partial charge in [0.05, 0.1) is 4.92 Å². The SMILES string of the molecule is CC(CO)C(C)Nc1nccc(C#N)c1[N+](=O)[O-]. The quantitative estimate of drug-likeness (QED) is 0.601. The van der Waals surface area contributed by atoms with Crippen LogP contribution in [0.3, 0.4) is 0 Å². The minimum atomic E-state index is -0.635. The third-order valence-electron chi connectivity index (χ3n) is 2.73. The van der Waals surface area contributed by atoms with E-state index >= 15 is 0 Å². The summed E-state index contributed by atoms with van der Waals surface area (Å²) in [5.74, 6) is -0.0380. The molecule has 0 aliphatic rings. The van der Waals surface area contributed by atoms with E-state index in [9.17, 15) is 10.1 Å². The maximum atomic E-state index is 10.9. The van der Waals surface area contributed by atoms with Gasteiger partial charge in [0.15, 0.2) is 0 Å². The highest BCUT2D eigenvalue weighted by atomic mass is 16.6. The molecule has 7 nitrogen and oxygen atoms in total. The van der Waals surface area contributed by atoms with E-state index in [-0.39, 0.29) is 35.6 Å². The smallest absolute Gasteiger partial charge is 0.328 e. The molecule has 0 bridgehead atoms. The first-order valence-electron chi connectivity index (χ1n) is 5.42. The summed E-state index contributed by atoms with van der Waals surface area (Å²) in [6, 6.07) is 2.86. The fraction of sp³-hybridized carbons (Fsp3) is 0.455. The molecule has 1 rings (SSSR count). The molecule has 0 radical (unpaired) electrons. The van der Waals surface area contributed by atoms with Crippen LogP contribution < -0.4 is 5.32 Å². The minimum absolute atomic E-state index is 0.0404. The summed E-state index contributed by atoms with van der Waals surface area (Å²) in [6.45, 7) is 3.54. The second-order valence-electron chi connectivity index (χ2n) is 4.02. The van der Waals surface area contributed by atoms with Gasteiger partial charge in [-0.25, -0.2) is 4.98 Å². The summed E-state index contributed by atoms with van der Waals surface area (Å²) in [4.78, 5) is 14.2. The Labute approximate surface area is 104 Å². The van der Waals surface area contributed by atoms with Crippen molar-refractivity contribution in [2.24, 2.45) is 5.92 Å². The zero-order valence-electron chi connectivity index (χ0n) is 10.1. The van der Waals surface area contributed by atoms with E-state index in [1.807, 2.05) is 0 Å². The van der Waals surface area contributed by atoms with Gasteiger partial charge in [0.2, 0.25) is 5.82 Å². The zero-order valence-corrected chi connectivity index (χ0v) is 10.1. The predicted octanol–water partition coefficient (Wildman–Crippen LogP) is 1.29. The third-order valence-corrected chi connectivity index (χ3v) is 2.73. The van der Waals surface area contributed by atoms with Crippen molar-refractivity contribution in [1.82, 2.24) is 4.98 Å². The second kappa shape index (κ2) is 5.93. The van der Waals surface area contributed by atoms with Crippen LogP contribution in [0.25, 0.3) is 0 Å². The first kappa shape index (κ1) is 13.9. The molecule has 2 atom stereocenters. The summed E-state index contributed by atoms with van der Waals surface area (Å²) in [5.41, 5.74) is -0.377. The highest BCUT2D eigenvalue weighted by molar-refractivity contribution is 5.64. The first-order chi connectivity index (χ1) is 8.51. The molecule has 0 saturated heterocycles. The molecule has 0 amide bonds. The normalized spacial score (nSPS) is 13.4. The number of aliphatic hydroxyl groups excluding tert-OH is 1. The maximum absolute atomic E-state index is 10.9. The minimum Gasteiger partial charge on any atom is -0.396 e. The maximum Gasteiger partial charge on any atom is 0.328 e. The number of hydrogen-bond donors (Lipinski definition) is 2. The van der Waals surface area contributed by atoms with Crippen LogP contribution in [0.2, 0.25) is 0 Å². The zero-order chi connectivity index (χ0) is 13.7. The van der Waals surface area contributed by atoms with Crippen LogP contribution in [0, 0.1) is 27.4 Å². The van der Waals surface area contributed by atoms with Gasteiger partial charge in [0.1, 0.15) is 11.6 Å². The van der Waals surface area contributed by atoms with Crippen molar-refractivity contribution in [1.29, 1.82) is 5.26 Å². The number of nitrogens with one attached hydrogen (secondary N) is 1. The van der Waals surface area contributed by atoms with Gasteiger partial charge in [-0.3, -0.25) is 10.1 Å². The van der Waals surface area contributed by atoms with E-state index in [1.54, 1.807) is 19.9 Å².